The number of rotatable bonds is 4. The van der Waals surface area contributed by atoms with Crippen molar-refractivity contribution in [2.24, 2.45) is 0 Å². The highest BCUT2D eigenvalue weighted by Gasteiger charge is 2.24. The van der Waals surface area contributed by atoms with E-state index in [9.17, 15) is 9.59 Å². The second-order valence-corrected chi connectivity index (χ2v) is 6.62. The summed E-state index contributed by atoms with van der Waals surface area (Å²) in [6.07, 6.45) is 0. The second kappa shape index (κ2) is 9.11. The van der Waals surface area contributed by atoms with Crippen molar-refractivity contribution in [3.8, 4) is 11.8 Å². The maximum Gasteiger partial charge on any atom is 0.321 e. The number of nitrogens with one attached hydrogen (secondary N) is 1. The minimum atomic E-state index is -0.182. The zero-order valence-corrected chi connectivity index (χ0v) is 15.9. The number of hydrogen-bond donors (Lipinski definition) is 1. The number of anilines is 1. The molecule has 144 valence electrons. The molecule has 2 aromatic carbocycles. The van der Waals surface area contributed by atoms with Crippen LogP contribution in [0.2, 0.25) is 5.02 Å². The highest BCUT2D eigenvalue weighted by Crippen LogP contribution is 2.25. The Morgan fingerprint density at radius 2 is 1.75 bits per heavy atom. The van der Waals surface area contributed by atoms with E-state index in [-0.39, 0.29) is 23.6 Å². The van der Waals surface area contributed by atoms with Crippen molar-refractivity contribution in [2.45, 2.75) is 0 Å². The van der Waals surface area contributed by atoms with Gasteiger partial charge in [-0.1, -0.05) is 29.8 Å². The van der Waals surface area contributed by atoms with Crippen LogP contribution in [0.25, 0.3) is 0 Å². The first-order valence-electron chi connectivity index (χ1n) is 8.78. The smallest absolute Gasteiger partial charge is 0.321 e. The molecule has 1 aliphatic rings. The van der Waals surface area contributed by atoms with Gasteiger partial charge >= 0.3 is 6.03 Å². The first-order valence-corrected chi connectivity index (χ1v) is 9.16. The lowest BCUT2D eigenvalue weighted by Crippen LogP contribution is -2.52. The summed E-state index contributed by atoms with van der Waals surface area (Å²) in [6, 6.07) is 15.7. The van der Waals surface area contributed by atoms with Crippen molar-refractivity contribution < 1.29 is 14.3 Å². The molecular formula is C20H19ClN4O3. The summed E-state index contributed by atoms with van der Waals surface area (Å²) in [5, 5.41) is 12.0. The summed E-state index contributed by atoms with van der Waals surface area (Å²) in [7, 11) is 0. The average molecular weight is 399 g/mol. The van der Waals surface area contributed by atoms with Crippen molar-refractivity contribution in [3.05, 3.63) is 59.1 Å². The van der Waals surface area contributed by atoms with Gasteiger partial charge in [0.15, 0.2) is 6.61 Å². The van der Waals surface area contributed by atoms with Crippen LogP contribution in [-0.2, 0) is 4.79 Å². The number of para-hydroxylation sites is 1. The van der Waals surface area contributed by atoms with Gasteiger partial charge in [-0.3, -0.25) is 4.79 Å². The number of carbonyl (C=O) groups is 2. The maximum absolute atomic E-state index is 12.4. The molecule has 1 fully saturated rings. The van der Waals surface area contributed by atoms with E-state index in [0.717, 1.165) is 5.69 Å². The van der Waals surface area contributed by atoms with Gasteiger partial charge in [-0.25, -0.2) is 4.79 Å². The molecule has 1 heterocycles. The van der Waals surface area contributed by atoms with Crippen LogP contribution in [0.15, 0.2) is 48.5 Å². The summed E-state index contributed by atoms with van der Waals surface area (Å²) < 4.78 is 5.48. The Balaban J connectivity index is 1.46. The lowest BCUT2D eigenvalue weighted by molar-refractivity contribution is -0.134. The predicted octanol–water partition coefficient (Wildman–Crippen LogP) is 2.97. The first kappa shape index (κ1) is 19.5. The molecule has 0 unspecified atom stereocenters. The van der Waals surface area contributed by atoms with Crippen LogP contribution in [0.3, 0.4) is 0 Å². The van der Waals surface area contributed by atoms with E-state index >= 15 is 0 Å². The molecule has 8 heteroatoms. The Hall–Kier alpha value is -3.24. The van der Waals surface area contributed by atoms with E-state index in [1.165, 1.54) is 6.07 Å². The molecule has 0 saturated carbocycles. The summed E-state index contributed by atoms with van der Waals surface area (Å²) in [6.45, 7) is 1.61. The molecular weight excluding hydrogens is 380 g/mol. The number of piperazine rings is 1. The van der Waals surface area contributed by atoms with E-state index in [1.807, 2.05) is 36.4 Å². The standard InChI is InChI=1S/C20H19ClN4O3/c21-17-12-15(13-22)6-7-18(17)28-14-19(26)24-8-10-25(11-9-24)20(27)23-16-4-2-1-3-5-16/h1-7,12H,8-11,14H2,(H,23,27). The summed E-state index contributed by atoms with van der Waals surface area (Å²) in [5.41, 5.74) is 1.16. The maximum atomic E-state index is 12.4. The van der Waals surface area contributed by atoms with Crippen LogP contribution in [0.5, 0.6) is 5.75 Å². The lowest BCUT2D eigenvalue weighted by Gasteiger charge is -2.34. The summed E-state index contributed by atoms with van der Waals surface area (Å²) >= 11 is 6.05. The van der Waals surface area contributed by atoms with Crippen molar-refractivity contribution in [3.63, 3.8) is 0 Å². The number of hydrogen-bond acceptors (Lipinski definition) is 4. The van der Waals surface area contributed by atoms with Crippen LogP contribution in [0.4, 0.5) is 10.5 Å². The van der Waals surface area contributed by atoms with Crippen LogP contribution in [0.1, 0.15) is 5.56 Å². The summed E-state index contributed by atoms with van der Waals surface area (Å²) in [5.74, 6) is 0.179. The zero-order chi connectivity index (χ0) is 19.9. The molecule has 1 aliphatic heterocycles. The molecule has 7 nitrogen and oxygen atoms in total. The number of ether oxygens (including phenoxy) is 1. The van der Waals surface area contributed by atoms with E-state index in [2.05, 4.69) is 5.32 Å². The Bertz CT molecular complexity index is 890. The van der Waals surface area contributed by atoms with Crippen LogP contribution < -0.4 is 10.1 Å². The molecule has 0 aliphatic carbocycles. The topological polar surface area (TPSA) is 85.7 Å². The number of amides is 3. The Morgan fingerprint density at radius 3 is 2.39 bits per heavy atom. The van der Waals surface area contributed by atoms with Gasteiger partial charge in [-0.15, -0.1) is 0 Å². The molecule has 1 saturated heterocycles. The van der Waals surface area contributed by atoms with E-state index in [4.69, 9.17) is 21.6 Å². The Kier molecular flexibility index (Phi) is 6.35. The molecule has 1 N–H and O–H groups in total. The van der Waals surface area contributed by atoms with Gasteiger partial charge in [-0.05, 0) is 30.3 Å². The number of urea groups is 1. The van der Waals surface area contributed by atoms with Gasteiger partial charge in [0.1, 0.15) is 5.75 Å². The molecule has 2 aromatic rings. The average Bonchev–Trinajstić information content (AvgIpc) is 2.73. The highest BCUT2D eigenvalue weighted by molar-refractivity contribution is 6.32. The highest BCUT2D eigenvalue weighted by atomic mass is 35.5. The van der Waals surface area contributed by atoms with E-state index in [0.29, 0.717) is 37.5 Å². The molecule has 0 atom stereocenters. The quantitative estimate of drug-likeness (QED) is 0.857. The van der Waals surface area contributed by atoms with Crippen molar-refractivity contribution in [2.75, 3.05) is 38.1 Å². The van der Waals surface area contributed by atoms with Gasteiger partial charge in [0, 0.05) is 31.9 Å². The fraction of sp³-hybridized carbons (Fsp3) is 0.250. The monoisotopic (exact) mass is 398 g/mol. The Labute approximate surface area is 168 Å². The van der Waals surface area contributed by atoms with E-state index < -0.39 is 0 Å². The third-order valence-corrected chi connectivity index (χ3v) is 4.65. The van der Waals surface area contributed by atoms with Crippen LogP contribution >= 0.6 is 11.6 Å². The van der Waals surface area contributed by atoms with Crippen LogP contribution in [0, 0.1) is 11.3 Å². The number of halogens is 1. The second-order valence-electron chi connectivity index (χ2n) is 6.21. The fourth-order valence-electron chi connectivity index (χ4n) is 2.80. The molecule has 0 radical (unpaired) electrons. The SMILES string of the molecule is N#Cc1ccc(OCC(=O)N2CCN(C(=O)Nc3ccccc3)CC2)c(Cl)c1. The lowest BCUT2D eigenvalue weighted by atomic mass is 10.2. The summed E-state index contributed by atoms with van der Waals surface area (Å²) in [4.78, 5) is 28.0. The van der Waals surface area contributed by atoms with Crippen molar-refractivity contribution >= 4 is 29.2 Å². The zero-order valence-electron chi connectivity index (χ0n) is 15.1. The normalized spacial score (nSPS) is 13.6. The molecule has 0 aromatic heterocycles. The minimum Gasteiger partial charge on any atom is -0.482 e. The number of nitrogens with zero attached hydrogens (tertiary/aromatic N) is 3. The molecule has 0 spiro atoms. The third kappa shape index (κ3) is 4.93. The Morgan fingerprint density at radius 1 is 1.07 bits per heavy atom. The first-order chi connectivity index (χ1) is 13.6. The fourth-order valence-corrected chi connectivity index (χ4v) is 3.04. The number of carbonyl (C=O) groups excluding carboxylic acids is 2. The van der Waals surface area contributed by atoms with Gasteiger partial charge in [0.05, 0.1) is 16.7 Å². The molecule has 3 rings (SSSR count). The minimum absolute atomic E-state index is 0.151. The van der Waals surface area contributed by atoms with Gasteiger partial charge in [0.25, 0.3) is 5.91 Å². The third-order valence-electron chi connectivity index (χ3n) is 4.36. The molecule has 3 amide bonds. The number of nitriles is 1. The van der Waals surface area contributed by atoms with Crippen molar-refractivity contribution in [1.29, 1.82) is 5.26 Å². The van der Waals surface area contributed by atoms with Gasteiger partial charge in [-0.2, -0.15) is 5.26 Å². The van der Waals surface area contributed by atoms with Crippen LogP contribution in [-0.4, -0.2) is 54.5 Å². The molecule has 0 bridgehead atoms. The van der Waals surface area contributed by atoms with E-state index in [1.54, 1.807) is 21.9 Å². The predicted molar refractivity (Wildman–Crippen MR) is 105 cm³/mol. The number of benzene rings is 2. The van der Waals surface area contributed by atoms with Gasteiger partial charge < -0.3 is 19.9 Å². The van der Waals surface area contributed by atoms with Gasteiger partial charge in [0.2, 0.25) is 0 Å². The van der Waals surface area contributed by atoms with Crippen molar-refractivity contribution in [1.82, 2.24) is 9.80 Å². The largest absolute Gasteiger partial charge is 0.482 e. The molecule has 28 heavy (non-hydrogen) atoms.